The largest absolute Gasteiger partial charge is 0.481 e. The second-order valence-corrected chi connectivity index (χ2v) is 12.3. The third-order valence-electron chi connectivity index (χ3n) is 9.10. The average molecular weight is 637 g/mol. The standard InChI is InChI=1S/C33H38F6N4O2/c1-3-42(18-21-7-9-23(10-8-21)31(44)45)29-16-25-6-4-5-24(25)15-26(29)20-43(30-11-12-41(2)40-30)19-22-13-27(32(34,35)36)17-28(14-22)33(37,38)39/h11-17,21,23H,3-10,18-20H2,1-2H3,(H,44,45). The van der Waals surface area contributed by atoms with Crippen LogP contribution in [0, 0.1) is 11.8 Å². The summed E-state index contributed by atoms with van der Waals surface area (Å²) >= 11 is 0. The Bertz CT molecular complexity index is 1480. The summed E-state index contributed by atoms with van der Waals surface area (Å²) in [5, 5.41) is 13.9. The summed E-state index contributed by atoms with van der Waals surface area (Å²) in [5.74, 6) is -0.309. The molecular weight excluding hydrogens is 598 g/mol. The van der Waals surface area contributed by atoms with Crippen LogP contribution < -0.4 is 9.80 Å². The molecule has 0 unspecified atom stereocenters. The first-order valence-electron chi connectivity index (χ1n) is 15.4. The molecule has 5 rings (SSSR count). The van der Waals surface area contributed by atoms with Crippen LogP contribution in [0.5, 0.6) is 0 Å². The van der Waals surface area contributed by atoms with E-state index in [1.54, 1.807) is 28.9 Å². The van der Waals surface area contributed by atoms with Crippen LogP contribution in [0.15, 0.2) is 42.6 Å². The summed E-state index contributed by atoms with van der Waals surface area (Å²) in [7, 11) is 1.70. The number of anilines is 2. The van der Waals surface area contributed by atoms with E-state index < -0.39 is 29.4 Å². The Morgan fingerprint density at radius 1 is 0.911 bits per heavy atom. The SMILES string of the molecule is CCN(CC1CCC(C(=O)O)CC1)c1cc2c(cc1CN(Cc1cc(C(F)(F)F)cc(C(F)(F)F)c1)c1ccn(C)n1)CCC2. The maximum atomic E-state index is 13.7. The number of hydrogen-bond acceptors (Lipinski definition) is 4. The van der Waals surface area contributed by atoms with Gasteiger partial charge in [0, 0.05) is 51.2 Å². The molecule has 0 aliphatic heterocycles. The number of aliphatic carboxylic acids is 1. The Morgan fingerprint density at radius 2 is 1.53 bits per heavy atom. The van der Waals surface area contributed by atoms with E-state index in [1.165, 1.54) is 11.1 Å². The molecule has 0 bridgehead atoms. The van der Waals surface area contributed by atoms with Gasteiger partial charge in [-0.25, -0.2) is 0 Å². The van der Waals surface area contributed by atoms with Crippen LogP contribution in [0.25, 0.3) is 0 Å². The lowest BCUT2D eigenvalue weighted by atomic mass is 9.81. The number of nitrogens with zero attached hydrogens (tertiary/aromatic N) is 4. The van der Waals surface area contributed by atoms with Crippen molar-refractivity contribution in [1.82, 2.24) is 9.78 Å². The highest BCUT2D eigenvalue weighted by Gasteiger charge is 2.37. The predicted octanol–water partition coefficient (Wildman–Crippen LogP) is 7.87. The molecule has 12 heteroatoms. The van der Waals surface area contributed by atoms with E-state index in [4.69, 9.17) is 0 Å². The molecule has 0 saturated heterocycles. The van der Waals surface area contributed by atoms with Crippen LogP contribution in [0.4, 0.5) is 37.8 Å². The maximum Gasteiger partial charge on any atom is 0.416 e. The number of halogens is 6. The summed E-state index contributed by atoms with van der Waals surface area (Å²) in [6.07, 6.45) is -2.44. The van der Waals surface area contributed by atoms with Gasteiger partial charge in [-0.15, -0.1) is 0 Å². The van der Waals surface area contributed by atoms with Gasteiger partial charge in [0.25, 0.3) is 0 Å². The third-order valence-corrected chi connectivity index (χ3v) is 9.10. The van der Waals surface area contributed by atoms with Gasteiger partial charge < -0.3 is 14.9 Å². The number of aryl methyl sites for hydroxylation is 3. The first kappa shape index (κ1) is 32.7. The van der Waals surface area contributed by atoms with Gasteiger partial charge in [-0.1, -0.05) is 6.07 Å². The molecule has 1 N–H and O–H groups in total. The maximum absolute atomic E-state index is 13.7. The summed E-state index contributed by atoms with van der Waals surface area (Å²) in [6, 6.07) is 7.72. The highest BCUT2D eigenvalue weighted by atomic mass is 19.4. The van der Waals surface area contributed by atoms with Gasteiger partial charge in [0.1, 0.15) is 0 Å². The fourth-order valence-corrected chi connectivity index (χ4v) is 6.71. The number of aromatic nitrogens is 2. The molecule has 2 aromatic carbocycles. The molecule has 1 heterocycles. The fourth-order valence-electron chi connectivity index (χ4n) is 6.71. The molecule has 244 valence electrons. The van der Waals surface area contributed by atoms with Crippen molar-refractivity contribution >= 4 is 17.5 Å². The minimum absolute atomic E-state index is 0.118. The molecule has 1 aromatic heterocycles. The van der Waals surface area contributed by atoms with E-state index in [-0.39, 0.29) is 30.6 Å². The quantitative estimate of drug-likeness (QED) is 0.230. The third kappa shape index (κ3) is 7.76. The van der Waals surface area contributed by atoms with Crippen molar-refractivity contribution in [3.05, 3.63) is 76.0 Å². The van der Waals surface area contributed by atoms with Crippen molar-refractivity contribution in [2.45, 2.75) is 77.3 Å². The predicted molar refractivity (Wildman–Crippen MR) is 159 cm³/mol. The molecule has 3 aromatic rings. The number of rotatable bonds is 10. The van der Waals surface area contributed by atoms with Crippen LogP contribution in [-0.2, 0) is 50.1 Å². The molecule has 1 saturated carbocycles. The second kappa shape index (κ2) is 13.0. The van der Waals surface area contributed by atoms with E-state index in [0.717, 1.165) is 62.0 Å². The van der Waals surface area contributed by atoms with Crippen molar-refractivity contribution in [1.29, 1.82) is 0 Å². The molecular formula is C33H38F6N4O2. The molecule has 0 radical (unpaired) electrons. The second-order valence-electron chi connectivity index (χ2n) is 12.3. The molecule has 45 heavy (non-hydrogen) atoms. The van der Waals surface area contributed by atoms with Crippen molar-refractivity contribution in [2.75, 3.05) is 22.9 Å². The lowest BCUT2D eigenvalue weighted by Gasteiger charge is -2.34. The smallest absolute Gasteiger partial charge is 0.416 e. The Balaban J connectivity index is 1.50. The first-order valence-corrected chi connectivity index (χ1v) is 15.4. The highest BCUT2D eigenvalue weighted by molar-refractivity contribution is 5.70. The van der Waals surface area contributed by atoms with Crippen LogP contribution in [0.1, 0.15) is 72.4 Å². The first-order chi connectivity index (χ1) is 21.2. The van der Waals surface area contributed by atoms with Crippen molar-refractivity contribution < 1.29 is 36.2 Å². The Hall–Kier alpha value is -3.70. The number of fused-ring (bicyclic) bond motifs is 1. The van der Waals surface area contributed by atoms with Gasteiger partial charge in [-0.05, 0) is 104 Å². The van der Waals surface area contributed by atoms with Gasteiger partial charge in [0.2, 0.25) is 0 Å². The molecule has 0 amide bonds. The molecule has 2 aliphatic rings. The monoisotopic (exact) mass is 636 g/mol. The summed E-state index contributed by atoms with van der Waals surface area (Å²) in [6.45, 7) is 3.49. The van der Waals surface area contributed by atoms with Gasteiger partial charge in [-0.2, -0.15) is 31.4 Å². The Labute approximate surface area is 258 Å². The van der Waals surface area contributed by atoms with Crippen LogP contribution in [0.3, 0.4) is 0 Å². The van der Waals surface area contributed by atoms with Gasteiger partial charge in [0.05, 0.1) is 17.0 Å². The number of carboxylic acid groups (broad SMARTS) is 1. The van der Waals surface area contributed by atoms with E-state index in [2.05, 4.69) is 29.1 Å². The van der Waals surface area contributed by atoms with E-state index in [9.17, 15) is 36.2 Å². The number of carboxylic acids is 1. The van der Waals surface area contributed by atoms with E-state index >= 15 is 0 Å². The van der Waals surface area contributed by atoms with Gasteiger partial charge in [-0.3, -0.25) is 9.48 Å². The lowest BCUT2D eigenvalue weighted by molar-refractivity contribution is -0.144. The van der Waals surface area contributed by atoms with Crippen LogP contribution >= 0.6 is 0 Å². The summed E-state index contributed by atoms with van der Waals surface area (Å²) in [5.41, 5.74) is 1.55. The number of alkyl halides is 6. The minimum Gasteiger partial charge on any atom is -0.481 e. The molecule has 2 aliphatic carbocycles. The fraction of sp³-hybridized carbons (Fsp3) is 0.515. The van der Waals surface area contributed by atoms with Crippen molar-refractivity contribution in [3.8, 4) is 0 Å². The zero-order valence-electron chi connectivity index (χ0n) is 25.4. The van der Waals surface area contributed by atoms with Gasteiger partial charge in [0.15, 0.2) is 5.82 Å². The zero-order chi connectivity index (χ0) is 32.5. The topological polar surface area (TPSA) is 61.6 Å². The van der Waals surface area contributed by atoms with E-state index in [0.29, 0.717) is 31.1 Å². The minimum atomic E-state index is -4.94. The molecule has 0 spiro atoms. The molecule has 1 fully saturated rings. The zero-order valence-corrected chi connectivity index (χ0v) is 25.4. The Morgan fingerprint density at radius 3 is 2.07 bits per heavy atom. The van der Waals surface area contributed by atoms with E-state index in [1.807, 2.05) is 0 Å². The average Bonchev–Trinajstić information content (AvgIpc) is 3.63. The van der Waals surface area contributed by atoms with Crippen molar-refractivity contribution in [3.63, 3.8) is 0 Å². The van der Waals surface area contributed by atoms with Gasteiger partial charge >= 0.3 is 18.3 Å². The van der Waals surface area contributed by atoms with Crippen molar-refractivity contribution in [2.24, 2.45) is 18.9 Å². The number of hydrogen-bond donors (Lipinski definition) is 1. The molecule has 0 atom stereocenters. The highest BCUT2D eigenvalue weighted by Crippen LogP contribution is 2.38. The molecule has 6 nitrogen and oxygen atoms in total. The van der Waals surface area contributed by atoms with Crippen LogP contribution in [0.2, 0.25) is 0 Å². The Kier molecular flexibility index (Phi) is 9.41. The summed E-state index contributed by atoms with van der Waals surface area (Å²) < 4.78 is 83.6. The van der Waals surface area contributed by atoms with Crippen LogP contribution in [-0.4, -0.2) is 33.9 Å². The lowest BCUT2D eigenvalue weighted by Crippen LogP contribution is -2.34. The number of benzene rings is 2. The normalized spacial score (nSPS) is 18.6. The summed E-state index contributed by atoms with van der Waals surface area (Å²) in [4.78, 5) is 15.5. The number of carbonyl (C=O) groups is 1.